The Kier molecular flexibility index (Phi) is 2.97. The fourth-order valence-corrected chi connectivity index (χ4v) is 2.13. The quantitative estimate of drug-likeness (QED) is 0.772. The fourth-order valence-electron chi connectivity index (χ4n) is 1.60. The molecule has 16 heavy (non-hydrogen) atoms. The number of benzene rings is 1. The third-order valence-electron chi connectivity index (χ3n) is 2.52. The Morgan fingerprint density at radius 3 is 2.38 bits per heavy atom. The molecule has 0 saturated carbocycles. The molecule has 1 aromatic heterocycles. The van der Waals surface area contributed by atoms with Crippen LogP contribution in [0.25, 0.3) is 0 Å². The number of carbonyl (C=O) groups is 1. The van der Waals surface area contributed by atoms with Crippen molar-refractivity contribution in [3.05, 3.63) is 57.8 Å². The van der Waals surface area contributed by atoms with E-state index in [0.717, 1.165) is 15.6 Å². The van der Waals surface area contributed by atoms with Crippen molar-refractivity contribution in [1.29, 1.82) is 0 Å². The van der Waals surface area contributed by atoms with Crippen molar-refractivity contribution in [2.75, 3.05) is 0 Å². The second-order valence-corrected chi connectivity index (χ2v) is 4.77. The number of hydrogen-bond donors (Lipinski definition) is 0. The minimum atomic E-state index is 0.0493. The highest BCUT2D eigenvalue weighted by Crippen LogP contribution is 2.17. The van der Waals surface area contributed by atoms with Gasteiger partial charge in [0, 0.05) is 23.3 Å². The molecule has 0 amide bonds. The van der Waals surface area contributed by atoms with Crippen molar-refractivity contribution in [2.24, 2.45) is 7.05 Å². The zero-order valence-corrected chi connectivity index (χ0v) is 10.8. The summed E-state index contributed by atoms with van der Waals surface area (Å²) < 4.78 is 2.75. The third-order valence-corrected chi connectivity index (χ3v) is 2.95. The van der Waals surface area contributed by atoms with Gasteiger partial charge in [-0.2, -0.15) is 0 Å². The molecule has 0 aliphatic carbocycles. The maximum atomic E-state index is 12.2. The Balaban J connectivity index is 2.39. The molecule has 1 heterocycles. The van der Waals surface area contributed by atoms with E-state index in [1.165, 1.54) is 0 Å². The molecule has 1 aromatic carbocycles. The van der Waals surface area contributed by atoms with Crippen LogP contribution >= 0.6 is 15.9 Å². The third kappa shape index (κ3) is 2.09. The molecule has 0 aliphatic rings. The summed E-state index contributed by atoms with van der Waals surface area (Å²) in [5.74, 6) is 0.0493. The van der Waals surface area contributed by atoms with E-state index in [0.29, 0.717) is 5.69 Å². The highest BCUT2D eigenvalue weighted by atomic mass is 79.9. The van der Waals surface area contributed by atoms with Crippen LogP contribution in [0.15, 0.2) is 41.0 Å². The van der Waals surface area contributed by atoms with Gasteiger partial charge in [-0.05, 0) is 28.9 Å². The lowest BCUT2D eigenvalue weighted by atomic mass is 10.1. The first-order chi connectivity index (χ1) is 7.58. The number of aryl methyl sites for hydroxylation is 2. The molecule has 0 N–H and O–H groups in total. The number of ketones is 1. The molecule has 2 nitrogen and oxygen atoms in total. The summed E-state index contributed by atoms with van der Waals surface area (Å²) in [7, 11) is 1.87. The Hall–Kier alpha value is -1.35. The monoisotopic (exact) mass is 277 g/mol. The van der Waals surface area contributed by atoms with Gasteiger partial charge in [0.15, 0.2) is 0 Å². The molecule has 0 spiro atoms. The van der Waals surface area contributed by atoms with Crippen LogP contribution in [0.5, 0.6) is 0 Å². The Labute approximate surface area is 103 Å². The number of halogens is 1. The minimum absolute atomic E-state index is 0.0493. The molecule has 0 atom stereocenters. The first-order valence-corrected chi connectivity index (χ1v) is 5.80. The van der Waals surface area contributed by atoms with Gasteiger partial charge >= 0.3 is 0 Å². The molecule has 0 saturated heterocycles. The van der Waals surface area contributed by atoms with Crippen LogP contribution in [0.3, 0.4) is 0 Å². The Morgan fingerprint density at radius 2 is 1.88 bits per heavy atom. The zero-order chi connectivity index (χ0) is 11.7. The van der Waals surface area contributed by atoms with E-state index in [2.05, 4.69) is 15.9 Å². The van der Waals surface area contributed by atoms with E-state index >= 15 is 0 Å². The van der Waals surface area contributed by atoms with Crippen molar-refractivity contribution in [1.82, 2.24) is 4.57 Å². The van der Waals surface area contributed by atoms with Gasteiger partial charge in [0.1, 0.15) is 0 Å². The predicted molar refractivity (Wildman–Crippen MR) is 67.7 cm³/mol. The lowest BCUT2D eigenvalue weighted by Gasteiger charge is -2.02. The number of carbonyl (C=O) groups excluding carboxylic acids is 1. The number of nitrogens with zero attached hydrogens (tertiary/aromatic N) is 1. The van der Waals surface area contributed by atoms with Crippen LogP contribution in [-0.4, -0.2) is 10.4 Å². The summed E-state index contributed by atoms with van der Waals surface area (Å²) in [6.45, 7) is 2.01. The second-order valence-electron chi connectivity index (χ2n) is 3.85. The molecule has 0 unspecified atom stereocenters. The molecule has 82 valence electrons. The number of aromatic nitrogens is 1. The van der Waals surface area contributed by atoms with Gasteiger partial charge in [-0.3, -0.25) is 4.79 Å². The van der Waals surface area contributed by atoms with Crippen LogP contribution in [-0.2, 0) is 7.05 Å². The van der Waals surface area contributed by atoms with Crippen LogP contribution in [0.1, 0.15) is 21.6 Å². The molecule has 0 aliphatic heterocycles. The van der Waals surface area contributed by atoms with Crippen LogP contribution < -0.4 is 0 Å². The summed E-state index contributed by atoms with van der Waals surface area (Å²) >= 11 is 3.36. The van der Waals surface area contributed by atoms with Crippen LogP contribution in [0, 0.1) is 6.92 Å². The summed E-state index contributed by atoms with van der Waals surface area (Å²) in [4.78, 5) is 12.2. The summed E-state index contributed by atoms with van der Waals surface area (Å²) in [5, 5.41) is 0. The van der Waals surface area contributed by atoms with E-state index in [-0.39, 0.29) is 5.78 Å². The van der Waals surface area contributed by atoms with E-state index in [1.54, 1.807) is 0 Å². The molecule has 0 bridgehead atoms. The first kappa shape index (κ1) is 11.1. The molecular formula is C13H12BrNO. The topological polar surface area (TPSA) is 22.0 Å². The van der Waals surface area contributed by atoms with Crippen molar-refractivity contribution in [3.8, 4) is 0 Å². The Bertz CT molecular complexity index is 525. The van der Waals surface area contributed by atoms with Gasteiger partial charge < -0.3 is 4.57 Å². The van der Waals surface area contributed by atoms with Crippen molar-refractivity contribution >= 4 is 21.7 Å². The van der Waals surface area contributed by atoms with Gasteiger partial charge in [0.25, 0.3) is 0 Å². The standard InChI is InChI=1S/C13H12BrNO/c1-9-3-5-10(6-4-9)13(16)12-7-11(14)8-15(12)2/h3-8H,1-2H3. The van der Waals surface area contributed by atoms with Gasteiger partial charge in [-0.25, -0.2) is 0 Å². The normalized spacial score (nSPS) is 10.4. The van der Waals surface area contributed by atoms with Gasteiger partial charge in [-0.1, -0.05) is 29.8 Å². The van der Waals surface area contributed by atoms with E-state index in [1.807, 2.05) is 55.1 Å². The summed E-state index contributed by atoms with van der Waals surface area (Å²) in [6.07, 6.45) is 1.88. The highest BCUT2D eigenvalue weighted by Gasteiger charge is 2.12. The highest BCUT2D eigenvalue weighted by molar-refractivity contribution is 9.10. The smallest absolute Gasteiger partial charge is 0.209 e. The summed E-state index contributed by atoms with van der Waals surface area (Å²) in [6, 6.07) is 9.45. The molecule has 2 aromatic rings. The summed E-state index contributed by atoms with van der Waals surface area (Å²) in [5.41, 5.74) is 2.57. The maximum absolute atomic E-state index is 12.2. The van der Waals surface area contributed by atoms with Crippen LogP contribution in [0.4, 0.5) is 0 Å². The lowest BCUT2D eigenvalue weighted by molar-refractivity contribution is 0.103. The molecule has 0 radical (unpaired) electrons. The minimum Gasteiger partial charge on any atom is -0.347 e. The molecule has 0 fully saturated rings. The van der Waals surface area contributed by atoms with Crippen LogP contribution in [0.2, 0.25) is 0 Å². The first-order valence-electron chi connectivity index (χ1n) is 5.01. The SMILES string of the molecule is Cc1ccc(C(=O)c2cc(Br)cn2C)cc1. The average Bonchev–Trinajstić information content (AvgIpc) is 2.58. The van der Waals surface area contributed by atoms with E-state index in [4.69, 9.17) is 0 Å². The van der Waals surface area contributed by atoms with E-state index in [9.17, 15) is 4.79 Å². The second kappa shape index (κ2) is 4.26. The number of rotatable bonds is 2. The molecule has 2 rings (SSSR count). The van der Waals surface area contributed by atoms with Crippen molar-refractivity contribution in [2.45, 2.75) is 6.92 Å². The van der Waals surface area contributed by atoms with Gasteiger partial charge in [-0.15, -0.1) is 0 Å². The molecule has 3 heteroatoms. The largest absolute Gasteiger partial charge is 0.347 e. The van der Waals surface area contributed by atoms with E-state index < -0.39 is 0 Å². The molecular weight excluding hydrogens is 266 g/mol. The Morgan fingerprint density at radius 1 is 1.25 bits per heavy atom. The average molecular weight is 278 g/mol. The van der Waals surface area contributed by atoms with Crippen molar-refractivity contribution < 1.29 is 4.79 Å². The predicted octanol–water partition coefficient (Wildman–Crippen LogP) is 3.33. The zero-order valence-electron chi connectivity index (χ0n) is 9.20. The lowest BCUT2D eigenvalue weighted by Crippen LogP contribution is -2.06. The van der Waals surface area contributed by atoms with Gasteiger partial charge in [0.05, 0.1) is 5.69 Å². The number of hydrogen-bond acceptors (Lipinski definition) is 1. The maximum Gasteiger partial charge on any atom is 0.209 e. The fraction of sp³-hybridized carbons (Fsp3) is 0.154. The van der Waals surface area contributed by atoms with Gasteiger partial charge in [0.2, 0.25) is 5.78 Å². The van der Waals surface area contributed by atoms with Crippen molar-refractivity contribution in [3.63, 3.8) is 0 Å².